The smallest absolute Gasteiger partial charge is 0.224 e. The third-order valence-corrected chi connectivity index (χ3v) is 4.65. The molecule has 0 saturated heterocycles. The van der Waals surface area contributed by atoms with Crippen LogP contribution >= 0.6 is 31.9 Å². The molecule has 0 spiro atoms. The highest BCUT2D eigenvalue weighted by Gasteiger charge is 2.12. The van der Waals surface area contributed by atoms with Crippen LogP contribution in [0.3, 0.4) is 0 Å². The molecule has 1 amide bonds. The van der Waals surface area contributed by atoms with E-state index >= 15 is 0 Å². The van der Waals surface area contributed by atoms with Crippen LogP contribution in [0.15, 0.2) is 27.1 Å². The Morgan fingerprint density at radius 3 is 2.67 bits per heavy atom. The minimum atomic E-state index is -0.00328. The molecule has 0 atom stereocenters. The van der Waals surface area contributed by atoms with Crippen molar-refractivity contribution in [3.05, 3.63) is 44.1 Å². The zero-order valence-electron chi connectivity index (χ0n) is 12.2. The molecule has 0 unspecified atom stereocenters. The van der Waals surface area contributed by atoms with Gasteiger partial charge >= 0.3 is 0 Å². The van der Waals surface area contributed by atoms with Gasteiger partial charge in [-0.05, 0) is 60.0 Å². The lowest BCUT2D eigenvalue weighted by atomic mass is 10.1. The Morgan fingerprint density at radius 2 is 2.05 bits per heavy atom. The average Bonchev–Trinajstić information content (AvgIpc) is 2.66. The van der Waals surface area contributed by atoms with Crippen molar-refractivity contribution in [2.24, 2.45) is 7.05 Å². The van der Waals surface area contributed by atoms with Gasteiger partial charge in [0.05, 0.1) is 11.4 Å². The summed E-state index contributed by atoms with van der Waals surface area (Å²) in [5, 5.41) is 7.29. The molecule has 1 aromatic heterocycles. The minimum absolute atomic E-state index is 0.00328. The number of nitrogens with zero attached hydrogens (tertiary/aromatic N) is 2. The quantitative estimate of drug-likeness (QED) is 0.817. The van der Waals surface area contributed by atoms with Crippen LogP contribution in [0.25, 0.3) is 0 Å². The third kappa shape index (κ3) is 3.95. The number of anilines is 1. The predicted molar refractivity (Wildman–Crippen MR) is 91.5 cm³/mol. The van der Waals surface area contributed by atoms with Crippen molar-refractivity contribution in [1.29, 1.82) is 0 Å². The summed E-state index contributed by atoms with van der Waals surface area (Å²) in [5.41, 5.74) is 4.03. The van der Waals surface area contributed by atoms with Gasteiger partial charge in [0.15, 0.2) is 0 Å². The first-order valence-electron chi connectivity index (χ1n) is 6.62. The summed E-state index contributed by atoms with van der Waals surface area (Å²) < 4.78 is 3.65. The van der Waals surface area contributed by atoms with E-state index in [1.165, 1.54) is 0 Å². The van der Waals surface area contributed by atoms with Gasteiger partial charge in [0, 0.05) is 28.1 Å². The highest BCUT2D eigenvalue weighted by molar-refractivity contribution is 9.11. The van der Waals surface area contributed by atoms with Gasteiger partial charge in [-0.25, -0.2) is 0 Å². The Bertz CT molecular complexity index is 680. The van der Waals surface area contributed by atoms with E-state index < -0.39 is 0 Å². The molecule has 0 aliphatic carbocycles. The first-order valence-corrected chi connectivity index (χ1v) is 8.21. The van der Waals surface area contributed by atoms with E-state index in [1.807, 2.05) is 43.8 Å². The first kappa shape index (κ1) is 16.2. The molecule has 0 bridgehead atoms. The normalized spacial score (nSPS) is 10.7. The zero-order valence-corrected chi connectivity index (χ0v) is 15.4. The second kappa shape index (κ2) is 6.75. The summed E-state index contributed by atoms with van der Waals surface area (Å²) >= 11 is 6.83. The maximum absolute atomic E-state index is 12.1. The molecule has 4 nitrogen and oxygen atoms in total. The number of hydrogen-bond acceptors (Lipinski definition) is 2. The van der Waals surface area contributed by atoms with Gasteiger partial charge in [0.25, 0.3) is 0 Å². The Labute approximate surface area is 141 Å². The molecule has 1 aromatic carbocycles. The lowest BCUT2D eigenvalue weighted by molar-refractivity contribution is -0.116. The van der Waals surface area contributed by atoms with Crippen LogP contribution in [0, 0.1) is 13.8 Å². The van der Waals surface area contributed by atoms with Crippen LogP contribution in [0.4, 0.5) is 5.69 Å². The molecule has 0 fully saturated rings. The van der Waals surface area contributed by atoms with Crippen molar-refractivity contribution in [2.45, 2.75) is 26.7 Å². The van der Waals surface area contributed by atoms with Crippen molar-refractivity contribution in [3.8, 4) is 0 Å². The maximum atomic E-state index is 12.1. The maximum Gasteiger partial charge on any atom is 0.224 e. The number of aromatic nitrogens is 2. The van der Waals surface area contributed by atoms with E-state index in [0.29, 0.717) is 12.8 Å². The van der Waals surface area contributed by atoms with Crippen molar-refractivity contribution in [2.75, 3.05) is 5.32 Å². The Balaban J connectivity index is 2.01. The lowest BCUT2D eigenvalue weighted by Gasteiger charge is -2.08. The Hall–Kier alpha value is -1.14. The van der Waals surface area contributed by atoms with E-state index in [0.717, 1.165) is 31.6 Å². The molecule has 6 heteroatoms. The highest BCUT2D eigenvalue weighted by atomic mass is 79.9. The fourth-order valence-electron chi connectivity index (χ4n) is 2.22. The molecular weight excluding hydrogens is 398 g/mol. The van der Waals surface area contributed by atoms with Crippen LogP contribution < -0.4 is 5.32 Å². The lowest BCUT2D eigenvalue weighted by Crippen LogP contribution is -2.13. The summed E-state index contributed by atoms with van der Waals surface area (Å²) in [7, 11) is 1.92. The SMILES string of the molecule is Cc1nn(C)c(C)c1CCC(=O)Nc1cc(Br)ccc1Br. The number of carbonyl (C=O) groups is 1. The predicted octanol–water partition coefficient (Wildman–Crippen LogP) is 4.13. The standard InChI is InChI=1S/C15H17Br2N3O/c1-9-12(10(2)20(3)19-9)5-7-15(21)18-14-8-11(16)4-6-13(14)17/h4,6,8H,5,7H2,1-3H3,(H,18,21). The van der Waals surface area contributed by atoms with E-state index in [9.17, 15) is 4.79 Å². The van der Waals surface area contributed by atoms with Crippen molar-refractivity contribution < 1.29 is 4.79 Å². The molecule has 112 valence electrons. The molecule has 0 radical (unpaired) electrons. The summed E-state index contributed by atoms with van der Waals surface area (Å²) in [6.45, 7) is 4.00. The van der Waals surface area contributed by atoms with Gasteiger partial charge in [-0.3, -0.25) is 9.48 Å². The van der Waals surface area contributed by atoms with E-state index in [4.69, 9.17) is 0 Å². The number of carbonyl (C=O) groups excluding carboxylic acids is 1. The molecule has 0 aliphatic rings. The fraction of sp³-hybridized carbons (Fsp3) is 0.333. The van der Waals surface area contributed by atoms with Crippen molar-refractivity contribution >= 4 is 43.5 Å². The summed E-state index contributed by atoms with van der Waals surface area (Å²) in [4.78, 5) is 12.1. The number of halogens is 2. The molecule has 0 aliphatic heterocycles. The van der Waals surface area contributed by atoms with E-state index in [1.54, 1.807) is 0 Å². The van der Waals surface area contributed by atoms with Gasteiger partial charge < -0.3 is 5.32 Å². The van der Waals surface area contributed by atoms with Gasteiger partial charge in [0.2, 0.25) is 5.91 Å². The van der Waals surface area contributed by atoms with Crippen molar-refractivity contribution in [3.63, 3.8) is 0 Å². The van der Waals surface area contributed by atoms with Gasteiger partial charge in [-0.1, -0.05) is 15.9 Å². The molecule has 0 saturated carbocycles. The first-order chi connectivity index (χ1) is 9.88. The average molecular weight is 415 g/mol. The minimum Gasteiger partial charge on any atom is -0.325 e. The second-order valence-electron chi connectivity index (χ2n) is 4.95. The number of hydrogen-bond donors (Lipinski definition) is 1. The Kier molecular flexibility index (Phi) is 5.22. The largest absolute Gasteiger partial charge is 0.325 e. The summed E-state index contributed by atoms with van der Waals surface area (Å²) in [6, 6.07) is 5.69. The summed E-state index contributed by atoms with van der Waals surface area (Å²) in [6.07, 6.45) is 1.13. The fourth-order valence-corrected chi connectivity index (χ4v) is 2.93. The van der Waals surface area contributed by atoms with Gasteiger partial charge in [-0.2, -0.15) is 5.10 Å². The molecule has 2 rings (SSSR count). The number of benzene rings is 1. The van der Waals surface area contributed by atoms with E-state index in [2.05, 4.69) is 42.3 Å². The molecule has 21 heavy (non-hydrogen) atoms. The number of amides is 1. The number of nitrogens with one attached hydrogen (secondary N) is 1. The van der Waals surface area contributed by atoms with Crippen molar-refractivity contribution in [1.82, 2.24) is 9.78 Å². The monoisotopic (exact) mass is 413 g/mol. The van der Waals surface area contributed by atoms with Gasteiger partial charge in [0.1, 0.15) is 0 Å². The second-order valence-corrected chi connectivity index (χ2v) is 6.72. The molecule has 1 heterocycles. The van der Waals surface area contributed by atoms with Crippen LogP contribution in [-0.2, 0) is 18.3 Å². The van der Waals surface area contributed by atoms with E-state index in [-0.39, 0.29) is 5.91 Å². The molecule has 1 N–H and O–H groups in total. The van der Waals surface area contributed by atoms with Crippen LogP contribution in [0.5, 0.6) is 0 Å². The summed E-state index contributed by atoms with van der Waals surface area (Å²) in [5.74, 6) is -0.00328. The Morgan fingerprint density at radius 1 is 1.33 bits per heavy atom. The topological polar surface area (TPSA) is 46.9 Å². The van der Waals surface area contributed by atoms with Crippen LogP contribution in [0.1, 0.15) is 23.4 Å². The highest BCUT2D eigenvalue weighted by Crippen LogP contribution is 2.26. The molecule has 2 aromatic rings. The number of aryl methyl sites for hydroxylation is 2. The molecular formula is C15H17Br2N3O. The zero-order chi connectivity index (χ0) is 15.6. The van der Waals surface area contributed by atoms with Crippen LogP contribution in [0.2, 0.25) is 0 Å². The van der Waals surface area contributed by atoms with Gasteiger partial charge in [-0.15, -0.1) is 0 Å². The van der Waals surface area contributed by atoms with Crippen LogP contribution in [-0.4, -0.2) is 15.7 Å². The third-order valence-electron chi connectivity index (χ3n) is 3.46. The number of rotatable bonds is 4.